The van der Waals surface area contributed by atoms with E-state index >= 15 is 0 Å². The van der Waals surface area contributed by atoms with Crippen LogP contribution in [-0.4, -0.2) is 53.7 Å². The first kappa shape index (κ1) is 28.5. The molecule has 0 saturated heterocycles. The van der Waals surface area contributed by atoms with Crippen LogP contribution in [0.2, 0.25) is 0 Å². The van der Waals surface area contributed by atoms with Gasteiger partial charge in [-0.1, -0.05) is 45.9 Å². The normalized spacial score (nSPS) is 29.9. The molecule has 7 nitrogen and oxygen atoms in total. The summed E-state index contributed by atoms with van der Waals surface area (Å²) >= 11 is 0. The average molecular weight is 480 g/mol. The molecule has 0 heterocycles. The van der Waals surface area contributed by atoms with Crippen molar-refractivity contribution in [3.05, 3.63) is 23.8 Å². The number of nitrogens with one attached hydrogen (secondary N) is 1. The van der Waals surface area contributed by atoms with Gasteiger partial charge in [-0.15, -0.1) is 0 Å². The molecule has 0 aliphatic heterocycles. The van der Waals surface area contributed by atoms with Gasteiger partial charge in [-0.05, 0) is 62.4 Å². The Balaban J connectivity index is 1.99. The molecule has 2 rings (SSSR count). The molecule has 1 amide bonds. The second-order valence-electron chi connectivity index (χ2n) is 10.3. The summed E-state index contributed by atoms with van der Waals surface area (Å²) in [5.74, 6) is 0.417. The van der Waals surface area contributed by atoms with Gasteiger partial charge in [0.05, 0.1) is 24.5 Å². The largest absolute Gasteiger partial charge is 0.461 e. The zero-order valence-electron chi connectivity index (χ0n) is 21.7. The van der Waals surface area contributed by atoms with E-state index in [4.69, 9.17) is 9.47 Å². The maximum Gasteiger partial charge on any atom is 0.308 e. The van der Waals surface area contributed by atoms with E-state index in [1.165, 1.54) is 12.7 Å². The first-order chi connectivity index (χ1) is 16.0. The molecule has 1 unspecified atom stereocenters. The van der Waals surface area contributed by atoms with Gasteiger partial charge in [0.15, 0.2) is 0 Å². The molecule has 0 aromatic rings. The molecule has 0 radical (unpaired) electrons. The number of ether oxygens (including phenoxy) is 2. The predicted octanol–water partition coefficient (Wildman–Crippen LogP) is 3.74. The fourth-order valence-electron chi connectivity index (χ4n) is 5.11. The Labute approximate surface area is 205 Å². The first-order valence-electron chi connectivity index (χ1n) is 12.8. The minimum atomic E-state index is -0.919. The molecule has 34 heavy (non-hydrogen) atoms. The van der Waals surface area contributed by atoms with Crippen LogP contribution in [0, 0.1) is 29.6 Å². The number of rotatable bonds is 12. The zero-order valence-corrected chi connectivity index (χ0v) is 21.7. The van der Waals surface area contributed by atoms with Gasteiger partial charge in [0.2, 0.25) is 5.91 Å². The number of hydrogen-bond acceptors (Lipinski definition) is 6. The fourth-order valence-corrected chi connectivity index (χ4v) is 5.11. The van der Waals surface area contributed by atoms with Crippen molar-refractivity contribution in [3.63, 3.8) is 0 Å². The van der Waals surface area contributed by atoms with Gasteiger partial charge in [0.25, 0.3) is 0 Å². The summed E-state index contributed by atoms with van der Waals surface area (Å²) < 4.78 is 11.0. The standard InChI is InChI=1S/C27H45NO6/c1-7-17(3)27(32)34-24-13-16(2)12-20-9-8-18(4)23(26(20)24)11-10-21(29)14-22(30)15-25(31)28-19(5)33-6/h8-9,12,16-19,21-24,26,29-30H,7,10-11,13-15H2,1-6H3,(H,28,31)/t16-,17-,18-,19?,21+,22+,23-,24-,26-/m0/s1. The number of amides is 1. The second-order valence-corrected chi connectivity index (χ2v) is 10.3. The third-order valence-electron chi connectivity index (χ3n) is 7.39. The van der Waals surface area contributed by atoms with Crippen molar-refractivity contribution in [2.24, 2.45) is 29.6 Å². The molecular weight excluding hydrogens is 434 g/mol. The Kier molecular flexibility index (Phi) is 11.3. The Bertz CT molecular complexity index is 735. The topological polar surface area (TPSA) is 105 Å². The van der Waals surface area contributed by atoms with Crippen LogP contribution >= 0.6 is 0 Å². The van der Waals surface area contributed by atoms with E-state index in [-0.39, 0.29) is 48.6 Å². The lowest BCUT2D eigenvalue weighted by Crippen LogP contribution is -2.41. The van der Waals surface area contributed by atoms with E-state index in [9.17, 15) is 19.8 Å². The lowest BCUT2D eigenvalue weighted by molar-refractivity contribution is -0.158. The van der Waals surface area contributed by atoms with Crippen LogP contribution in [0.25, 0.3) is 0 Å². The van der Waals surface area contributed by atoms with Gasteiger partial charge < -0.3 is 25.0 Å². The van der Waals surface area contributed by atoms with Crippen molar-refractivity contribution in [1.29, 1.82) is 0 Å². The number of allylic oxidation sites excluding steroid dienone is 3. The van der Waals surface area contributed by atoms with E-state index < -0.39 is 18.4 Å². The summed E-state index contributed by atoms with van der Waals surface area (Å²) in [5.41, 5.74) is 1.22. The van der Waals surface area contributed by atoms with Crippen LogP contribution in [0.1, 0.15) is 73.1 Å². The van der Waals surface area contributed by atoms with Crippen molar-refractivity contribution in [2.75, 3.05) is 7.11 Å². The van der Waals surface area contributed by atoms with Gasteiger partial charge in [-0.3, -0.25) is 9.59 Å². The molecule has 9 atom stereocenters. The van der Waals surface area contributed by atoms with E-state index in [0.29, 0.717) is 18.3 Å². The highest BCUT2D eigenvalue weighted by atomic mass is 16.5. The van der Waals surface area contributed by atoms with Crippen molar-refractivity contribution in [1.82, 2.24) is 5.32 Å². The monoisotopic (exact) mass is 479 g/mol. The molecule has 3 N–H and O–H groups in total. The van der Waals surface area contributed by atoms with Crippen molar-refractivity contribution >= 4 is 11.9 Å². The highest BCUT2D eigenvalue weighted by Crippen LogP contribution is 2.45. The van der Waals surface area contributed by atoms with Crippen molar-refractivity contribution < 1.29 is 29.3 Å². The molecule has 0 saturated carbocycles. The summed E-state index contributed by atoms with van der Waals surface area (Å²) in [6.45, 7) is 9.94. The quantitative estimate of drug-likeness (QED) is 0.291. The minimum absolute atomic E-state index is 0.0750. The molecule has 0 aromatic heterocycles. The predicted molar refractivity (Wildman–Crippen MR) is 132 cm³/mol. The first-order valence-corrected chi connectivity index (χ1v) is 12.8. The van der Waals surface area contributed by atoms with Gasteiger partial charge >= 0.3 is 5.97 Å². The molecule has 7 heteroatoms. The van der Waals surface area contributed by atoms with Crippen LogP contribution in [-0.2, 0) is 19.1 Å². The molecule has 2 aliphatic carbocycles. The maximum atomic E-state index is 12.6. The summed E-state index contributed by atoms with van der Waals surface area (Å²) in [6.07, 6.45) is 7.35. The number of aliphatic hydroxyl groups is 2. The van der Waals surface area contributed by atoms with Crippen molar-refractivity contribution in [3.8, 4) is 0 Å². The van der Waals surface area contributed by atoms with E-state index in [0.717, 1.165) is 19.3 Å². The average Bonchev–Trinajstić information content (AvgIpc) is 2.77. The van der Waals surface area contributed by atoms with Gasteiger partial charge in [-0.2, -0.15) is 0 Å². The molecule has 0 bridgehead atoms. The SMILES string of the molecule is CC[C@H](C)C(=O)O[C@H]1C[C@@H](C)C=C2C=C[C@H](C)[C@H](CC[C@@H](O)C[C@@H](O)CC(=O)NC(C)OC)[C@H]21. The molecule has 2 aliphatic rings. The van der Waals surface area contributed by atoms with Crippen LogP contribution in [0.15, 0.2) is 23.8 Å². The number of carbonyl (C=O) groups is 2. The van der Waals surface area contributed by atoms with Gasteiger partial charge in [0.1, 0.15) is 12.3 Å². The number of methoxy groups -OCH3 is 1. The Morgan fingerprint density at radius 1 is 1.21 bits per heavy atom. The van der Waals surface area contributed by atoms with E-state index in [1.54, 1.807) is 6.92 Å². The van der Waals surface area contributed by atoms with Gasteiger partial charge in [0, 0.05) is 13.0 Å². The Morgan fingerprint density at radius 2 is 1.91 bits per heavy atom. The number of aliphatic hydroxyl groups excluding tert-OH is 2. The minimum Gasteiger partial charge on any atom is -0.461 e. The van der Waals surface area contributed by atoms with E-state index in [2.05, 4.69) is 37.4 Å². The maximum absolute atomic E-state index is 12.6. The second kappa shape index (κ2) is 13.4. The van der Waals surface area contributed by atoms with Crippen LogP contribution in [0.4, 0.5) is 0 Å². The number of esters is 1. The third-order valence-corrected chi connectivity index (χ3v) is 7.39. The fraction of sp³-hybridized carbons (Fsp3) is 0.778. The highest BCUT2D eigenvalue weighted by Gasteiger charge is 2.41. The summed E-state index contributed by atoms with van der Waals surface area (Å²) in [4.78, 5) is 24.5. The van der Waals surface area contributed by atoms with E-state index in [1.807, 2.05) is 13.8 Å². The highest BCUT2D eigenvalue weighted by molar-refractivity contribution is 5.76. The smallest absolute Gasteiger partial charge is 0.308 e. The number of carbonyl (C=O) groups excluding carboxylic acids is 2. The molecule has 0 aromatic carbocycles. The molecule has 0 fully saturated rings. The van der Waals surface area contributed by atoms with Crippen molar-refractivity contribution in [2.45, 2.75) is 97.7 Å². The Hall–Kier alpha value is -1.70. The lowest BCUT2D eigenvalue weighted by atomic mass is 9.65. The lowest BCUT2D eigenvalue weighted by Gasteiger charge is -2.43. The summed E-state index contributed by atoms with van der Waals surface area (Å²) in [5, 5.41) is 23.5. The van der Waals surface area contributed by atoms with Gasteiger partial charge in [-0.25, -0.2) is 0 Å². The van der Waals surface area contributed by atoms with Crippen LogP contribution in [0.5, 0.6) is 0 Å². The summed E-state index contributed by atoms with van der Waals surface area (Å²) in [7, 11) is 1.50. The van der Waals surface area contributed by atoms with Crippen LogP contribution in [0.3, 0.4) is 0 Å². The summed E-state index contributed by atoms with van der Waals surface area (Å²) in [6, 6.07) is 0. The van der Waals surface area contributed by atoms with Crippen LogP contribution < -0.4 is 5.32 Å². The molecular formula is C27H45NO6. The number of fused-ring (bicyclic) bond motifs is 1. The Morgan fingerprint density at radius 3 is 2.56 bits per heavy atom. The third kappa shape index (κ3) is 8.21. The molecule has 194 valence electrons. The number of hydrogen-bond donors (Lipinski definition) is 3. The molecule has 0 spiro atoms. The zero-order chi connectivity index (χ0) is 25.4.